The fraction of sp³-hybridized carbons (Fsp3) is 0.353. The Bertz CT molecular complexity index is 723. The predicted octanol–water partition coefficient (Wildman–Crippen LogP) is 2.73. The molecule has 1 fully saturated rings. The summed E-state index contributed by atoms with van der Waals surface area (Å²) in [5, 5.41) is 8.98. The van der Waals surface area contributed by atoms with Crippen LogP contribution in [0.2, 0.25) is 0 Å². The number of carboxylic acid groups (broad SMARTS) is 1. The van der Waals surface area contributed by atoms with Crippen LogP contribution < -0.4 is 0 Å². The minimum Gasteiger partial charge on any atom is -0.481 e. The number of likely N-dealkylation sites (tertiary alicyclic amines) is 1. The van der Waals surface area contributed by atoms with Gasteiger partial charge < -0.3 is 14.4 Å². The molecule has 1 aromatic heterocycles. The van der Waals surface area contributed by atoms with Crippen LogP contribution in [0.1, 0.15) is 35.5 Å². The Morgan fingerprint density at radius 2 is 2.09 bits per heavy atom. The quantitative estimate of drug-likeness (QED) is 0.938. The maximum atomic E-state index is 12.7. The van der Waals surface area contributed by atoms with E-state index in [1.54, 1.807) is 11.8 Å². The third kappa shape index (κ3) is 3.11. The fourth-order valence-electron chi connectivity index (χ4n) is 2.95. The monoisotopic (exact) mass is 314 g/mol. The molecule has 1 aromatic carbocycles. The summed E-state index contributed by atoms with van der Waals surface area (Å²) in [6.07, 6.45) is 1.49. The van der Waals surface area contributed by atoms with Crippen LogP contribution in [0.5, 0.6) is 0 Å². The summed E-state index contributed by atoms with van der Waals surface area (Å²) in [7, 11) is 0. The van der Waals surface area contributed by atoms with E-state index in [1.165, 1.54) is 0 Å². The molecule has 0 aliphatic carbocycles. The predicted molar refractivity (Wildman–Crippen MR) is 83.0 cm³/mol. The number of nitrogens with zero attached hydrogens (tertiary/aromatic N) is 2. The van der Waals surface area contributed by atoms with Crippen LogP contribution in [0.25, 0.3) is 11.5 Å². The van der Waals surface area contributed by atoms with Gasteiger partial charge in [0.25, 0.3) is 5.91 Å². The summed E-state index contributed by atoms with van der Waals surface area (Å²) >= 11 is 0. The van der Waals surface area contributed by atoms with E-state index in [9.17, 15) is 9.59 Å². The highest BCUT2D eigenvalue weighted by Crippen LogP contribution is 2.26. The average Bonchev–Trinajstić information content (AvgIpc) is 3.14. The summed E-state index contributed by atoms with van der Waals surface area (Å²) in [5.74, 6) is -0.288. The van der Waals surface area contributed by atoms with Crippen molar-refractivity contribution >= 4 is 11.9 Å². The van der Waals surface area contributed by atoms with Gasteiger partial charge in [0.05, 0.1) is 6.42 Å². The Hall–Kier alpha value is -2.63. The summed E-state index contributed by atoms with van der Waals surface area (Å²) in [4.78, 5) is 29.6. The molecule has 3 rings (SSSR count). The molecule has 1 aliphatic rings. The number of amides is 1. The Balaban J connectivity index is 1.85. The second kappa shape index (κ2) is 6.24. The second-order valence-corrected chi connectivity index (χ2v) is 5.68. The van der Waals surface area contributed by atoms with Gasteiger partial charge in [0.15, 0.2) is 5.69 Å². The maximum absolute atomic E-state index is 12.7. The molecule has 2 heterocycles. The molecule has 6 heteroatoms. The summed E-state index contributed by atoms with van der Waals surface area (Å²) in [6, 6.07) is 9.10. The van der Waals surface area contributed by atoms with Crippen LogP contribution in [-0.4, -0.2) is 39.5 Å². The molecule has 120 valence electrons. The lowest BCUT2D eigenvalue weighted by atomic mass is 10.1. The first-order chi connectivity index (χ1) is 11.1. The fourth-order valence-corrected chi connectivity index (χ4v) is 2.95. The van der Waals surface area contributed by atoms with Crippen LogP contribution >= 0.6 is 0 Å². The molecular weight excluding hydrogens is 296 g/mol. The number of hydrogen-bond donors (Lipinski definition) is 1. The highest BCUT2D eigenvalue weighted by molar-refractivity contribution is 5.94. The van der Waals surface area contributed by atoms with E-state index < -0.39 is 5.97 Å². The Morgan fingerprint density at radius 3 is 2.78 bits per heavy atom. The van der Waals surface area contributed by atoms with E-state index in [-0.39, 0.29) is 24.1 Å². The maximum Gasteiger partial charge on any atom is 0.305 e. The van der Waals surface area contributed by atoms with Crippen molar-refractivity contribution in [1.29, 1.82) is 0 Å². The molecule has 1 unspecified atom stereocenters. The van der Waals surface area contributed by atoms with Crippen molar-refractivity contribution in [2.24, 2.45) is 0 Å². The lowest BCUT2D eigenvalue weighted by Gasteiger charge is -2.22. The van der Waals surface area contributed by atoms with Gasteiger partial charge in [0.1, 0.15) is 5.76 Å². The summed E-state index contributed by atoms with van der Waals surface area (Å²) in [6.45, 7) is 2.26. The van der Waals surface area contributed by atoms with Gasteiger partial charge in [-0.05, 0) is 31.9 Å². The number of oxazole rings is 1. The SMILES string of the molecule is Cc1oc(-c2ccccc2)nc1C(=O)N1CCCC1CC(=O)O. The zero-order valence-electron chi connectivity index (χ0n) is 12.9. The van der Waals surface area contributed by atoms with E-state index in [4.69, 9.17) is 9.52 Å². The number of rotatable bonds is 4. The van der Waals surface area contributed by atoms with Gasteiger partial charge in [-0.15, -0.1) is 0 Å². The van der Waals surface area contributed by atoms with E-state index in [0.717, 1.165) is 12.0 Å². The highest BCUT2D eigenvalue weighted by Gasteiger charge is 2.33. The van der Waals surface area contributed by atoms with Crippen LogP contribution in [-0.2, 0) is 4.79 Å². The van der Waals surface area contributed by atoms with Crippen LogP contribution in [0, 0.1) is 6.92 Å². The molecule has 1 aliphatic heterocycles. The standard InChI is InChI=1S/C17H18N2O4/c1-11-15(18-16(23-11)12-6-3-2-4-7-12)17(22)19-9-5-8-13(19)10-14(20)21/h2-4,6-7,13H,5,8-10H2,1H3,(H,20,21). The first-order valence-corrected chi connectivity index (χ1v) is 7.62. The number of carboxylic acids is 1. The van der Waals surface area contributed by atoms with Crippen molar-refractivity contribution in [3.63, 3.8) is 0 Å². The molecule has 0 spiro atoms. The number of carbonyl (C=O) groups excluding carboxylic acids is 1. The molecular formula is C17H18N2O4. The second-order valence-electron chi connectivity index (χ2n) is 5.68. The molecule has 1 N–H and O–H groups in total. The first kappa shape index (κ1) is 15.3. The third-order valence-electron chi connectivity index (χ3n) is 4.07. The Morgan fingerprint density at radius 1 is 1.35 bits per heavy atom. The molecule has 0 saturated carbocycles. The van der Waals surface area contributed by atoms with Gasteiger partial charge in [-0.2, -0.15) is 0 Å². The molecule has 1 amide bonds. The van der Waals surface area contributed by atoms with E-state index in [2.05, 4.69) is 4.98 Å². The first-order valence-electron chi connectivity index (χ1n) is 7.62. The normalized spacial score (nSPS) is 17.4. The van der Waals surface area contributed by atoms with Crippen molar-refractivity contribution in [3.05, 3.63) is 41.8 Å². The van der Waals surface area contributed by atoms with Gasteiger partial charge in [-0.25, -0.2) is 4.98 Å². The number of aryl methyl sites for hydroxylation is 1. The molecule has 1 atom stereocenters. The van der Waals surface area contributed by atoms with Crippen LogP contribution in [0.15, 0.2) is 34.7 Å². The van der Waals surface area contributed by atoms with Gasteiger partial charge in [0, 0.05) is 18.2 Å². The summed E-state index contributed by atoms with van der Waals surface area (Å²) in [5.41, 5.74) is 1.07. The van der Waals surface area contributed by atoms with Gasteiger partial charge in [-0.1, -0.05) is 18.2 Å². The molecule has 1 saturated heterocycles. The number of hydrogen-bond acceptors (Lipinski definition) is 4. The smallest absolute Gasteiger partial charge is 0.305 e. The van der Waals surface area contributed by atoms with E-state index in [1.807, 2.05) is 30.3 Å². The largest absolute Gasteiger partial charge is 0.481 e. The van der Waals surface area contributed by atoms with Crippen molar-refractivity contribution in [2.45, 2.75) is 32.2 Å². The molecule has 0 bridgehead atoms. The highest BCUT2D eigenvalue weighted by atomic mass is 16.4. The topological polar surface area (TPSA) is 83.6 Å². The van der Waals surface area contributed by atoms with E-state index in [0.29, 0.717) is 24.6 Å². The van der Waals surface area contributed by atoms with Crippen molar-refractivity contribution in [2.75, 3.05) is 6.54 Å². The van der Waals surface area contributed by atoms with Crippen LogP contribution in [0.3, 0.4) is 0 Å². The number of carbonyl (C=O) groups is 2. The van der Waals surface area contributed by atoms with Crippen LogP contribution in [0.4, 0.5) is 0 Å². The summed E-state index contributed by atoms with van der Waals surface area (Å²) < 4.78 is 5.62. The number of benzene rings is 1. The Labute approximate surface area is 133 Å². The zero-order valence-corrected chi connectivity index (χ0v) is 12.9. The van der Waals surface area contributed by atoms with Crippen molar-refractivity contribution < 1.29 is 19.1 Å². The number of aromatic nitrogens is 1. The zero-order chi connectivity index (χ0) is 16.4. The van der Waals surface area contributed by atoms with Gasteiger partial charge in [-0.3, -0.25) is 9.59 Å². The average molecular weight is 314 g/mol. The van der Waals surface area contributed by atoms with Gasteiger partial charge >= 0.3 is 5.97 Å². The lowest BCUT2D eigenvalue weighted by molar-refractivity contribution is -0.137. The van der Waals surface area contributed by atoms with Gasteiger partial charge in [0.2, 0.25) is 5.89 Å². The molecule has 23 heavy (non-hydrogen) atoms. The Kier molecular flexibility index (Phi) is 4.14. The number of aliphatic carboxylic acids is 1. The minimum atomic E-state index is -0.892. The van der Waals surface area contributed by atoms with E-state index >= 15 is 0 Å². The molecule has 6 nitrogen and oxygen atoms in total. The lowest BCUT2D eigenvalue weighted by Crippen LogP contribution is -2.37. The van der Waals surface area contributed by atoms with Crippen molar-refractivity contribution in [1.82, 2.24) is 9.88 Å². The molecule has 0 radical (unpaired) electrons. The molecule has 2 aromatic rings. The van der Waals surface area contributed by atoms with Crippen molar-refractivity contribution in [3.8, 4) is 11.5 Å². The minimum absolute atomic E-state index is 0.0336. The third-order valence-corrected chi connectivity index (χ3v) is 4.07.